The number of nitrogens with zero attached hydrogens (tertiary/aromatic N) is 1. The highest BCUT2D eigenvalue weighted by atomic mass is 32.1. The number of amides is 1. The van der Waals surface area contributed by atoms with Crippen molar-refractivity contribution in [2.45, 2.75) is 18.9 Å². The summed E-state index contributed by atoms with van der Waals surface area (Å²) in [5, 5.41) is 3.36. The maximum atomic E-state index is 13.0. The number of carbonyl (C=O) groups is 1. The number of benzene rings is 2. The first-order valence-electron chi connectivity index (χ1n) is 7.92. The van der Waals surface area contributed by atoms with Gasteiger partial charge in [0.2, 0.25) is 0 Å². The molecular weight excluding hydrogens is 339 g/mol. The van der Waals surface area contributed by atoms with Gasteiger partial charge in [-0.05, 0) is 29.3 Å². The molecule has 0 bridgehead atoms. The summed E-state index contributed by atoms with van der Waals surface area (Å²) in [5.74, 6) is 0.316. The van der Waals surface area contributed by atoms with Gasteiger partial charge in [-0.2, -0.15) is 0 Å². The van der Waals surface area contributed by atoms with Crippen LogP contribution in [0.15, 0.2) is 54.7 Å². The third-order valence-electron chi connectivity index (χ3n) is 4.01. The first-order valence-corrected chi connectivity index (χ1v) is 8.73. The molecule has 0 saturated carbocycles. The van der Waals surface area contributed by atoms with Crippen LogP contribution in [-0.2, 0) is 17.6 Å². The zero-order valence-corrected chi connectivity index (χ0v) is 14.1. The van der Waals surface area contributed by atoms with E-state index in [-0.39, 0.29) is 11.7 Å². The van der Waals surface area contributed by atoms with Gasteiger partial charge in [0.25, 0.3) is 5.91 Å². The molecule has 0 radical (unpaired) electrons. The van der Waals surface area contributed by atoms with Gasteiger partial charge >= 0.3 is 0 Å². The molecule has 2 heterocycles. The average molecular weight is 354 g/mol. The van der Waals surface area contributed by atoms with Gasteiger partial charge in [-0.25, -0.2) is 9.37 Å². The molecular formula is C19H15FN2O2S. The summed E-state index contributed by atoms with van der Waals surface area (Å²) >= 11 is 1.41. The molecule has 3 aromatic rings. The molecule has 0 aliphatic carbocycles. The molecule has 0 spiro atoms. The first-order chi connectivity index (χ1) is 12.2. The van der Waals surface area contributed by atoms with Crippen molar-refractivity contribution in [1.29, 1.82) is 0 Å². The zero-order valence-electron chi connectivity index (χ0n) is 13.2. The number of carbonyl (C=O) groups excluding carboxylic acids is 1. The van der Waals surface area contributed by atoms with Crippen LogP contribution >= 0.6 is 11.3 Å². The largest absolute Gasteiger partial charge is 0.480 e. The van der Waals surface area contributed by atoms with Crippen LogP contribution in [0.1, 0.15) is 16.0 Å². The Balaban J connectivity index is 1.38. The fourth-order valence-corrected chi connectivity index (χ4v) is 3.61. The molecule has 1 atom stereocenters. The van der Waals surface area contributed by atoms with Crippen molar-refractivity contribution >= 4 is 22.4 Å². The van der Waals surface area contributed by atoms with Gasteiger partial charge in [0, 0.05) is 23.9 Å². The van der Waals surface area contributed by atoms with E-state index < -0.39 is 6.10 Å². The quantitative estimate of drug-likeness (QED) is 0.775. The molecule has 25 heavy (non-hydrogen) atoms. The van der Waals surface area contributed by atoms with E-state index in [1.54, 1.807) is 18.3 Å². The Morgan fingerprint density at radius 2 is 2.04 bits per heavy atom. The van der Waals surface area contributed by atoms with Gasteiger partial charge in [0.1, 0.15) is 11.6 Å². The van der Waals surface area contributed by atoms with E-state index in [0.717, 1.165) is 21.8 Å². The van der Waals surface area contributed by atoms with E-state index in [0.29, 0.717) is 18.0 Å². The Morgan fingerprint density at radius 3 is 2.84 bits per heavy atom. The third kappa shape index (κ3) is 3.53. The monoisotopic (exact) mass is 354 g/mol. The van der Waals surface area contributed by atoms with Crippen LogP contribution in [0, 0.1) is 5.82 Å². The number of thiazole rings is 1. The minimum atomic E-state index is -0.526. The number of ether oxygens (including phenoxy) is 1. The van der Waals surface area contributed by atoms with Gasteiger partial charge in [-0.1, -0.05) is 30.3 Å². The molecule has 1 aromatic heterocycles. The maximum absolute atomic E-state index is 13.0. The normalized spacial score (nSPS) is 15.5. The molecule has 4 rings (SSSR count). The van der Waals surface area contributed by atoms with E-state index in [1.807, 2.05) is 24.3 Å². The summed E-state index contributed by atoms with van der Waals surface area (Å²) < 4.78 is 18.6. The molecule has 0 unspecified atom stereocenters. The molecule has 0 saturated heterocycles. The standard InChI is InChI=1S/C19H15FN2O2S/c20-14-7-5-12(6-8-14)9-15-11-21-19(25-15)22-18(23)17-10-13-3-1-2-4-16(13)24-17/h1-8,11,17H,9-10H2,(H,21,22,23)/t17-/m0/s1. The number of halogens is 1. The lowest BCUT2D eigenvalue weighted by molar-refractivity contribution is -0.122. The number of aromatic nitrogens is 1. The lowest BCUT2D eigenvalue weighted by atomic mass is 10.1. The van der Waals surface area contributed by atoms with Crippen molar-refractivity contribution < 1.29 is 13.9 Å². The van der Waals surface area contributed by atoms with Crippen LogP contribution in [0.4, 0.5) is 9.52 Å². The van der Waals surface area contributed by atoms with Gasteiger partial charge in [0.15, 0.2) is 11.2 Å². The van der Waals surface area contributed by atoms with Crippen molar-refractivity contribution in [3.63, 3.8) is 0 Å². The number of para-hydroxylation sites is 1. The minimum Gasteiger partial charge on any atom is -0.480 e. The molecule has 6 heteroatoms. The molecule has 126 valence electrons. The molecule has 1 aliphatic rings. The number of hydrogen-bond donors (Lipinski definition) is 1. The van der Waals surface area contributed by atoms with Crippen molar-refractivity contribution in [3.05, 3.63) is 76.5 Å². The predicted octanol–water partition coefficient (Wildman–Crippen LogP) is 3.82. The molecule has 1 amide bonds. The second-order valence-electron chi connectivity index (χ2n) is 5.84. The summed E-state index contributed by atoms with van der Waals surface area (Å²) in [6, 6.07) is 14.0. The van der Waals surface area contributed by atoms with E-state index >= 15 is 0 Å². The van der Waals surface area contributed by atoms with Crippen molar-refractivity contribution in [2.24, 2.45) is 0 Å². The van der Waals surface area contributed by atoms with Gasteiger partial charge in [0.05, 0.1) is 0 Å². The Hall–Kier alpha value is -2.73. The fraction of sp³-hybridized carbons (Fsp3) is 0.158. The Labute approximate surface area is 148 Å². The minimum absolute atomic E-state index is 0.195. The van der Waals surface area contributed by atoms with Crippen LogP contribution in [0.3, 0.4) is 0 Å². The van der Waals surface area contributed by atoms with Gasteiger partial charge in [-0.3, -0.25) is 10.1 Å². The van der Waals surface area contributed by atoms with Crippen LogP contribution in [0.2, 0.25) is 0 Å². The second-order valence-corrected chi connectivity index (χ2v) is 6.96. The highest BCUT2D eigenvalue weighted by Gasteiger charge is 2.29. The average Bonchev–Trinajstić information content (AvgIpc) is 3.23. The summed E-state index contributed by atoms with van der Waals surface area (Å²) in [7, 11) is 0. The topological polar surface area (TPSA) is 51.2 Å². The van der Waals surface area contributed by atoms with E-state index in [4.69, 9.17) is 4.74 Å². The SMILES string of the molecule is O=C(Nc1ncc(Cc2ccc(F)cc2)s1)[C@@H]1Cc2ccccc2O1. The third-order valence-corrected chi connectivity index (χ3v) is 4.93. The van der Waals surface area contributed by atoms with Gasteiger partial charge < -0.3 is 4.74 Å². The smallest absolute Gasteiger partial charge is 0.267 e. The zero-order chi connectivity index (χ0) is 17.2. The molecule has 1 aliphatic heterocycles. The lowest BCUT2D eigenvalue weighted by Gasteiger charge is -2.09. The van der Waals surface area contributed by atoms with Crippen LogP contribution in [-0.4, -0.2) is 17.0 Å². The Kier molecular flexibility index (Phi) is 4.19. The van der Waals surface area contributed by atoms with Crippen LogP contribution in [0.25, 0.3) is 0 Å². The maximum Gasteiger partial charge on any atom is 0.267 e. The van der Waals surface area contributed by atoms with Crippen LogP contribution < -0.4 is 10.1 Å². The number of anilines is 1. The number of hydrogen-bond acceptors (Lipinski definition) is 4. The van der Waals surface area contributed by atoms with E-state index in [2.05, 4.69) is 10.3 Å². The molecule has 1 N–H and O–H groups in total. The van der Waals surface area contributed by atoms with Crippen molar-refractivity contribution in [3.8, 4) is 5.75 Å². The highest BCUT2D eigenvalue weighted by Crippen LogP contribution is 2.29. The van der Waals surface area contributed by atoms with E-state index in [9.17, 15) is 9.18 Å². The lowest BCUT2D eigenvalue weighted by Crippen LogP contribution is -2.31. The molecule has 4 nitrogen and oxygen atoms in total. The summed E-state index contributed by atoms with van der Waals surface area (Å²) in [5.41, 5.74) is 2.04. The van der Waals surface area contributed by atoms with Crippen LogP contribution in [0.5, 0.6) is 5.75 Å². The van der Waals surface area contributed by atoms with Crippen molar-refractivity contribution in [2.75, 3.05) is 5.32 Å². The van der Waals surface area contributed by atoms with Crippen molar-refractivity contribution in [1.82, 2.24) is 4.98 Å². The second kappa shape index (κ2) is 6.64. The number of nitrogens with one attached hydrogen (secondary N) is 1. The Morgan fingerprint density at radius 1 is 1.24 bits per heavy atom. The summed E-state index contributed by atoms with van der Waals surface area (Å²) in [4.78, 5) is 17.6. The molecule has 0 fully saturated rings. The number of fused-ring (bicyclic) bond motifs is 1. The van der Waals surface area contributed by atoms with E-state index in [1.165, 1.54) is 23.5 Å². The molecule has 2 aromatic carbocycles. The number of rotatable bonds is 4. The predicted molar refractivity (Wildman–Crippen MR) is 94.5 cm³/mol. The summed E-state index contributed by atoms with van der Waals surface area (Å²) in [6.45, 7) is 0. The van der Waals surface area contributed by atoms with Gasteiger partial charge in [-0.15, -0.1) is 11.3 Å². The summed E-state index contributed by atoms with van der Waals surface area (Å²) in [6.07, 6.45) is 2.42. The fourth-order valence-electron chi connectivity index (χ4n) is 2.76. The Bertz CT molecular complexity index is 883. The first kappa shape index (κ1) is 15.8. The highest BCUT2D eigenvalue weighted by molar-refractivity contribution is 7.15.